The second-order valence-corrected chi connectivity index (χ2v) is 7.06. The number of benzene rings is 2. The Kier molecular flexibility index (Phi) is 4.33. The van der Waals surface area contributed by atoms with Crippen LogP contribution in [0.1, 0.15) is 27.9 Å². The Bertz CT molecular complexity index is 949. The molecule has 4 nitrogen and oxygen atoms in total. The minimum Gasteiger partial charge on any atom is -0.352 e. The molecule has 4 rings (SSSR count). The Balaban J connectivity index is 1.59. The van der Waals surface area contributed by atoms with Gasteiger partial charge in [-0.05, 0) is 61.6 Å². The van der Waals surface area contributed by atoms with Crippen molar-refractivity contribution in [3.8, 4) is 0 Å². The normalized spacial score (nSPS) is 13.4. The first-order chi connectivity index (χ1) is 12.6. The van der Waals surface area contributed by atoms with Crippen LogP contribution in [0.15, 0.2) is 48.5 Å². The molecule has 0 saturated heterocycles. The van der Waals surface area contributed by atoms with E-state index < -0.39 is 0 Å². The molecule has 0 radical (unpaired) electrons. The third-order valence-electron chi connectivity index (χ3n) is 5.06. The fourth-order valence-electron chi connectivity index (χ4n) is 3.41. The lowest BCUT2D eigenvalue weighted by atomic mass is 10.00. The second-order valence-electron chi connectivity index (χ2n) is 7.06. The summed E-state index contributed by atoms with van der Waals surface area (Å²) in [6, 6.07) is 17.1. The Morgan fingerprint density at radius 3 is 2.50 bits per heavy atom. The summed E-state index contributed by atoms with van der Waals surface area (Å²) in [6.07, 6.45) is 1.05. The number of nitrogens with zero attached hydrogens (tertiary/aromatic N) is 3. The molecule has 0 atom stereocenters. The summed E-state index contributed by atoms with van der Waals surface area (Å²) in [5.41, 5.74) is 7.37. The van der Waals surface area contributed by atoms with Gasteiger partial charge in [-0.2, -0.15) is 4.98 Å². The highest BCUT2D eigenvalue weighted by molar-refractivity contribution is 5.58. The molecule has 4 heteroatoms. The van der Waals surface area contributed by atoms with E-state index in [1.165, 1.54) is 22.3 Å². The molecule has 0 aliphatic carbocycles. The molecular formula is C22H24N4. The van der Waals surface area contributed by atoms with Gasteiger partial charge < -0.3 is 10.2 Å². The molecule has 3 aromatic rings. The molecule has 1 aromatic heterocycles. The van der Waals surface area contributed by atoms with E-state index in [-0.39, 0.29) is 0 Å². The maximum Gasteiger partial charge on any atom is 0.229 e. The van der Waals surface area contributed by atoms with Crippen molar-refractivity contribution in [2.45, 2.75) is 33.7 Å². The van der Waals surface area contributed by atoms with Crippen molar-refractivity contribution in [1.29, 1.82) is 0 Å². The van der Waals surface area contributed by atoms with Gasteiger partial charge in [-0.25, -0.2) is 4.98 Å². The zero-order chi connectivity index (χ0) is 18.1. The molecule has 0 saturated carbocycles. The molecule has 1 aliphatic rings. The van der Waals surface area contributed by atoms with Crippen LogP contribution >= 0.6 is 0 Å². The third-order valence-corrected chi connectivity index (χ3v) is 5.06. The van der Waals surface area contributed by atoms with Crippen LogP contribution in [-0.4, -0.2) is 16.5 Å². The van der Waals surface area contributed by atoms with E-state index >= 15 is 0 Å². The Labute approximate surface area is 154 Å². The molecule has 0 unspecified atom stereocenters. The summed E-state index contributed by atoms with van der Waals surface area (Å²) >= 11 is 0. The van der Waals surface area contributed by atoms with Crippen molar-refractivity contribution in [3.63, 3.8) is 0 Å². The van der Waals surface area contributed by atoms with E-state index in [4.69, 9.17) is 4.98 Å². The van der Waals surface area contributed by atoms with Crippen LogP contribution < -0.4 is 10.2 Å². The van der Waals surface area contributed by atoms with E-state index in [0.29, 0.717) is 5.95 Å². The average molecular weight is 344 g/mol. The monoisotopic (exact) mass is 344 g/mol. The number of hydrogen-bond acceptors (Lipinski definition) is 4. The van der Waals surface area contributed by atoms with Crippen LogP contribution in [0.5, 0.6) is 0 Å². The van der Waals surface area contributed by atoms with E-state index in [1.54, 1.807) is 0 Å². The molecule has 1 N–H and O–H groups in total. The molecule has 2 aromatic carbocycles. The second kappa shape index (κ2) is 6.79. The summed E-state index contributed by atoms with van der Waals surface area (Å²) in [4.78, 5) is 11.7. The number of anilines is 3. The van der Waals surface area contributed by atoms with Crippen LogP contribution in [0.3, 0.4) is 0 Å². The summed E-state index contributed by atoms with van der Waals surface area (Å²) in [5, 5.41) is 3.36. The first-order valence-electron chi connectivity index (χ1n) is 9.10. The summed E-state index contributed by atoms with van der Waals surface area (Å²) < 4.78 is 0. The number of rotatable bonds is 3. The van der Waals surface area contributed by atoms with Crippen molar-refractivity contribution < 1.29 is 0 Å². The zero-order valence-electron chi connectivity index (χ0n) is 15.6. The molecule has 2 heterocycles. The Morgan fingerprint density at radius 1 is 0.885 bits per heavy atom. The van der Waals surface area contributed by atoms with Gasteiger partial charge in [-0.3, -0.25) is 0 Å². The van der Waals surface area contributed by atoms with Crippen molar-refractivity contribution in [2.24, 2.45) is 0 Å². The fourth-order valence-corrected chi connectivity index (χ4v) is 3.41. The largest absolute Gasteiger partial charge is 0.352 e. The van der Waals surface area contributed by atoms with E-state index in [1.807, 2.05) is 6.92 Å². The molecule has 26 heavy (non-hydrogen) atoms. The van der Waals surface area contributed by atoms with Crippen LogP contribution in [0.2, 0.25) is 0 Å². The van der Waals surface area contributed by atoms with Crippen molar-refractivity contribution in [3.05, 3.63) is 76.5 Å². The summed E-state index contributed by atoms with van der Waals surface area (Å²) in [6.45, 7) is 8.14. The predicted molar refractivity (Wildman–Crippen MR) is 107 cm³/mol. The lowest BCUT2D eigenvalue weighted by Gasteiger charge is -2.30. The molecular weight excluding hydrogens is 320 g/mol. The summed E-state index contributed by atoms with van der Waals surface area (Å²) in [7, 11) is 0. The predicted octanol–water partition coefficient (Wildman–Crippen LogP) is 4.71. The van der Waals surface area contributed by atoms with Crippen molar-refractivity contribution in [1.82, 2.24) is 9.97 Å². The maximum atomic E-state index is 4.78. The first-order valence-corrected chi connectivity index (χ1v) is 9.10. The van der Waals surface area contributed by atoms with E-state index in [0.717, 1.165) is 36.7 Å². The van der Waals surface area contributed by atoms with Crippen molar-refractivity contribution in [2.75, 3.05) is 16.8 Å². The Morgan fingerprint density at radius 2 is 1.69 bits per heavy atom. The topological polar surface area (TPSA) is 41.1 Å². The van der Waals surface area contributed by atoms with Gasteiger partial charge in [-0.1, -0.05) is 30.3 Å². The van der Waals surface area contributed by atoms with Gasteiger partial charge in [0.15, 0.2) is 0 Å². The van der Waals surface area contributed by atoms with Crippen LogP contribution in [-0.2, 0) is 13.0 Å². The molecule has 132 valence electrons. The highest BCUT2D eigenvalue weighted by Crippen LogP contribution is 2.25. The van der Waals surface area contributed by atoms with E-state index in [9.17, 15) is 0 Å². The van der Waals surface area contributed by atoms with Gasteiger partial charge in [0, 0.05) is 30.5 Å². The standard InChI is InChI=1S/C22H24N4/c1-15-8-9-20(12-16(15)2)24-22-23-17(3)13-21(25-22)26-11-10-18-6-4-5-7-19(18)14-26/h4-9,12-13H,10-11,14H2,1-3H3,(H,23,24,25). The van der Waals surface area contributed by atoms with E-state index in [2.05, 4.69) is 77.6 Å². The molecule has 0 amide bonds. The Hall–Kier alpha value is -2.88. The third kappa shape index (κ3) is 3.40. The van der Waals surface area contributed by atoms with Gasteiger partial charge in [0.25, 0.3) is 0 Å². The molecule has 0 bridgehead atoms. The van der Waals surface area contributed by atoms with Gasteiger partial charge in [0.05, 0.1) is 0 Å². The quantitative estimate of drug-likeness (QED) is 0.747. The highest BCUT2D eigenvalue weighted by Gasteiger charge is 2.18. The van der Waals surface area contributed by atoms with Gasteiger partial charge >= 0.3 is 0 Å². The average Bonchev–Trinajstić information content (AvgIpc) is 2.64. The highest BCUT2D eigenvalue weighted by atomic mass is 15.2. The van der Waals surface area contributed by atoms with Crippen LogP contribution in [0, 0.1) is 20.8 Å². The zero-order valence-corrected chi connectivity index (χ0v) is 15.6. The minimum absolute atomic E-state index is 0.655. The molecule has 1 aliphatic heterocycles. The fraction of sp³-hybridized carbons (Fsp3) is 0.273. The number of hydrogen-bond donors (Lipinski definition) is 1. The number of aryl methyl sites for hydroxylation is 3. The number of aromatic nitrogens is 2. The number of nitrogens with one attached hydrogen (secondary N) is 1. The lowest BCUT2D eigenvalue weighted by molar-refractivity contribution is 0.719. The van der Waals surface area contributed by atoms with Gasteiger partial charge in [-0.15, -0.1) is 0 Å². The van der Waals surface area contributed by atoms with Crippen LogP contribution in [0.25, 0.3) is 0 Å². The van der Waals surface area contributed by atoms with Gasteiger partial charge in [0.1, 0.15) is 5.82 Å². The molecule has 0 spiro atoms. The maximum absolute atomic E-state index is 4.78. The molecule has 0 fully saturated rings. The lowest BCUT2D eigenvalue weighted by Crippen LogP contribution is -2.31. The van der Waals surface area contributed by atoms with Crippen molar-refractivity contribution >= 4 is 17.5 Å². The first kappa shape index (κ1) is 16.6. The summed E-state index contributed by atoms with van der Waals surface area (Å²) in [5.74, 6) is 1.64. The van der Waals surface area contributed by atoms with Crippen LogP contribution in [0.4, 0.5) is 17.5 Å². The number of fused-ring (bicyclic) bond motifs is 1. The SMILES string of the molecule is Cc1cc(N2CCc3ccccc3C2)nc(Nc2ccc(C)c(C)c2)n1. The smallest absolute Gasteiger partial charge is 0.229 e. The minimum atomic E-state index is 0.655. The van der Waals surface area contributed by atoms with Gasteiger partial charge in [0.2, 0.25) is 5.95 Å².